The van der Waals surface area contributed by atoms with E-state index in [0.717, 1.165) is 22.9 Å². The summed E-state index contributed by atoms with van der Waals surface area (Å²) in [5.74, 6) is -0.286. The SMILES string of the molecule is CCOC(=O)C(C)(NC1CC1)c1ccc(Br)cc1Cl. The Kier molecular flexibility index (Phi) is 4.54. The lowest BCUT2D eigenvalue weighted by molar-refractivity contribution is -0.151. The van der Waals surface area contributed by atoms with Crippen LogP contribution in [0.3, 0.4) is 0 Å². The Balaban J connectivity index is 2.37. The molecule has 0 aliphatic heterocycles. The zero-order chi connectivity index (χ0) is 14.0. The fourth-order valence-corrected chi connectivity index (χ4v) is 2.92. The zero-order valence-electron chi connectivity index (χ0n) is 11.0. The molecule has 1 aromatic carbocycles. The molecule has 2 rings (SSSR count). The first-order valence-electron chi connectivity index (χ1n) is 6.38. The number of carbonyl (C=O) groups excluding carboxylic acids is 1. The summed E-state index contributed by atoms with van der Waals surface area (Å²) < 4.78 is 6.09. The fourth-order valence-electron chi connectivity index (χ4n) is 2.05. The molecule has 0 amide bonds. The highest BCUT2D eigenvalue weighted by molar-refractivity contribution is 9.10. The van der Waals surface area contributed by atoms with Gasteiger partial charge in [-0.05, 0) is 38.8 Å². The zero-order valence-corrected chi connectivity index (χ0v) is 13.3. The molecule has 1 aliphatic carbocycles. The smallest absolute Gasteiger partial charge is 0.330 e. The highest BCUT2D eigenvalue weighted by Crippen LogP contribution is 2.34. The first-order valence-corrected chi connectivity index (χ1v) is 7.55. The molecule has 19 heavy (non-hydrogen) atoms. The van der Waals surface area contributed by atoms with Crippen LogP contribution < -0.4 is 5.32 Å². The van der Waals surface area contributed by atoms with Crippen LogP contribution in [0.2, 0.25) is 5.02 Å². The van der Waals surface area contributed by atoms with Gasteiger partial charge < -0.3 is 4.74 Å². The van der Waals surface area contributed by atoms with Crippen LogP contribution in [0, 0.1) is 0 Å². The third-order valence-corrected chi connectivity index (χ3v) is 4.03. The van der Waals surface area contributed by atoms with Crippen molar-refractivity contribution in [2.45, 2.75) is 38.3 Å². The van der Waals surface area contributed by atoms with Crippen molar-refractivity contribution in [3.63, 3.8) is 0 Å². The topological polar surface area (TPSA) is 38.3 Å². The average Bonchev–Trinajstić information content (AvgIpc) is 3.12. The van der Waals surface area contributed by atoms with Gasteiger partial charge in [0.15, 0.2) is 0 Å². The molecule has 0 saturated heterocycles. The molecule has 5 heteroatoms. The van der Waals surface area contributed by atoms with Gasteiger partial charge in [0.05, 0.1) is 6.61 Å². The predicted molar refractivity (Wildman–Crippen MR) is 79.3 cm³/mol. The largest absolute Gasteiger partial charge is 0.464 e. The normalized spacial score (nSPS) is 17.9. The quantitative estimate of drug-likeness (QED) is 0.827. The molecule has 1 aromatic rings. The van der Waals surface area contributed by atoms with E-state index in [9.17, 15) is 4.79 Å². The summed E-state index contributed by atoms with van der Waals surface area (Å²) in [6, 6.07) is 5.91. The highest BCUT2D eigenvalue weighted by Gasteiger charge is 2.42. The summed E-state index contributed by atoms with van der Waals surface area (Å²) in [7, 11) is 0. The van der Waals surface area contributed by atoms with Gasteiger partial charge in [-0.25, -0.2) is 4.79 Å². The van der Waals surface area contributed by atoms with Crippen LogP contribution >= 0.6 is 27.5 Å². The highest BCUT2D eigenvalue weighted by atomic mass is 79.9. The summed E-state index contributed by atoms with van der Waals surface area (Å²) in [5, 5.41) is 3.91. The minimum absolute atomic E-state index is 0.286. The van der Waals surface area contributed by atoms with Crippen LogP contribution in [0.1, 0.15) is 32.3 Å². The number of nitrogens with one attached hydrogen (secondary N) is 1. The molecular formula is C14H17BrClNO2. The Morgan fingerprint density at radius 1 is 1.58 bits per heavy atom. The van der Waals surface area contributed by atoms with E-state index in [-0.39, 0.29) is 5.97 Å². The van der Waals surface area contributed by atoms with Gasteiger partial charge in [0.25, 0.3) is 0 Å². The van der Waals surface area contributed by atoms with Gasteiger partial charge in [-0.2, -0.15) is 0 Å². The van der Waals surface area contributed by atoms with Crippen molar-refractivity contribution in [2.75, 3.05) is 6.61 Å². The number of esters is 1. The molecule has 1 N–H and O–H groups in total. The number of carbonyl (C=O) groups is 1. The second kappa shape index (κ2) is 5.81. The lowest BCUT2D eigenvalue weighted by Crippen LogP contribution is -2.49. The Bertz CT molecular complexity index is 490. The van der Waals surface area contributed by atoms with Gasteiger partial charge in [0, 0.05) is 21.1 Å². The van der Waals surface area contributed by atoms with Gasteiger partial charge in [0.2, 0.25) is 0 Å². The van der Waals surface area contributed by atoms with Crippen molar-refractivity contribution >= 4 is 33.5 Å². The third kappa shape index (κ3) is 3.30. The number of hydrogen-bond donors (Lipinski definition) is 1. The summed E-state index contributed by atoms with van der Waals surface area (Å²) >= 11 is 9.66. The van der Waals surface area contributed by atoms with E-state index in [0.29, 0.717) is 17.7 Å². The monoisotopic (exact) mass is 345 g/mol. The predicted octanol–water partition coefficient (Wildman–Crippen LogP) is 3.63. The number of rotatable bonds is 5. The maximum Gasteiger partial charge on any atom is 0.330 e. The molecule has 1 aliphatic rings. The first-order chi connectivity index (χ1) is 8.97. The molecule has 3 nitrogen and oxygen atoms in total. The molecular weight excluding hydrogens is 330 g/mol. The van der Waals surface area contributed by atoms with E-state index in [1.165, 1.54) is 0 Å². The molecule has 0 bridgehead atoms. The molecule has 1 atom stereocenters. The van der Waals surface area contributed by atoms with Crippen LogP contribution in [0.4, 0.5) is 0 Å². The van der Waals surface area contributed by atoms with E-state index >= 15 is 0 Å². The molecule has 1 saturated carbocycles. The van der Waals surface area contributed by atoms with Gasteiger partial charge in [-0.15, -0.1) is 0 Å². The summed E-state index contributed by atoms with van der Waals surface area (Å²) in [6.07, 6.45) is 2.17. The number of benzene rings is 1. The Morgan fingerprint density at radius 2 is 2.26 bits per heavy atom. The average molecular weight is 347 g/mol. The van der Waals surface area contributed by atoms with E-state index in [1.54, 1.807) is 13.0 Å². The van der Waals surface area contributed by atoms with Gasteiger partial charge >= 0.3 is 5.97 Å². The van der Waals surface area contributed by atoms with Crippen LogP contribution in [0.25, 0.3) is 0 Å². The Labute approximate surface area is 126 Å². The summed E-state index contributed by atoms with van der Waals surface area (Å²) in [5.41, 5.74) is -0.141. The molecule has 0 aromatic heterocycles. The van der Waals surface area contributed by atoms with E-state index < -0.39 is 5.54 Å². The molecule has 0 heterocycles. The lowest BCUT2D eigenvalue weighted by Gasteiger charge is -2.30. The van der Waals surface area contributed by atoms with Crippen molar-refractivity contribution in [3.05, 3.63) is 33.3 Å². The van der Waals surface area contributed by atoms with Crippen LogP contribution in [-0.4, -0.2) is 18.6 Å². The maximum absolute atomic E-state index is 12.3. The Hall–Kier alpha value is -0.580. The first kappa shape index (κ1) is 14.8. The summed E-state index contributed by atoms with van der Waals surface area (Å²) in [4.78, 5) is 12.3. The molecule has 0 spiro atoms. The minimum atomic E-state index is -0.894. The standard InChI is InChI=1S/C14H17BrClNO2/c1-3-19-13(18)14(2,17-10-5-6-10)11-7-4-9(15)8-12(11)16/h4,7-8,10,17H,3,5-6H2,1-2H3. The van der Waals surface area contributed by atoms with Crippen molar-refractivity contribution in [1.29, 1.82) is 0 Å². The second-order valence-electron chi connectivity index (χ2n) is 4.89. The van der Waals surface area contributed by atoms with Gasteiger partial charge in [-0.1, -0.05) is 33.6 Å². The number of hydrogen-bond acceptors (Lipinski definition) is 3. The van der Waals surface area contributed by atoms with Crippen LogP contribution in [0.5, 0.6) is 0 Å². The fraction of sp³-hybridized carbons (Fsp3) is 0.500. The third-order valence-electron chi connectivity index (χ3n) is 3.22. The number of ether oxygens (including phenoxy) is 1. The van der Waals surface area contributed by atoms with Crippen LogP contribution in [0.15, 0.2) is 22.7 Å². The lowest BCUT2D eigenvalue weighted by atomic mass is 9.91. The van der Waals surface area contributed by atoms with Crippen molar-refractivity contribution in [1.82, 2.24) is 5.32 Å². The van der Waals surface area contributed by atoms with Gasteiger partial charge in [0.1, 0.15) is 5.54 Å². The molecule has 1 fully saturated rings. The molecule has 104 valence electrons. The van der Waals surface area contributed by atoms with E-state index in [1.807, 2.05) is 19.1 Å². The number of halogens is 2. The molecule has 0 radical (unpaired) electrons. The van der Waals surface area contributed by atoms with Crippen molar-refractivity contribution < 1.29 is 9.53 Å². The van der Waals surface area contributed by atoms with Crippen molar-refractivity contribution in [3.8, 4) is 0 Å². The second-order valence-corrected chi connectivity index (χ2v) is 6.21. The Morgan fingerprint density at radius 3 is 2.79 bits per heavy atom. The summed E-state index contributed by atoms with van der Waals surface area (Å²) in [6.45, 7) is 3.99. The minimum Gasteiger partial charge on any atom is -0.464 e. The van der Waals surface area contributed by atoms with E-state index in [4.69, 9.17) is 16.3 Å². The maximum atomic E-state index is 12.3. The van der Waals surface area contributed by atoms with Crippen molar-refractivity contribution in [2.24, 2.45) is 0 Å². The molecule has 1 unspecified atom stereocenters. The van der Waals surface area contributed by atoms with Crippen LogP contribution in [-0.2, 0) is 15.1 Å². The van der Waals surface area contributed by atoms with E-state index in [2.05, 4.69) is 21.2 Å². The van der Waals surface area contributed by atoms with Gasteiger partial charge in [-0.3, -0.25) is 5.32 Å².